The molecule has 0 saturated carbocycles. The molecule has 0 aliphatic heterocycles. The van der Waals surface area contributed by atoms with Crippen LogP contribution in [0.2, 0.25) is 0 Å². The van der Waals surface area contributed by atoms with E-state index in [9.17, 15) is 14.0 Å². The minimum absolute atomic E-state index is 0.188. The number of benzene rings is 2. The number of carbonyl (C=O) groups is 2. The van der Waals surface area contributed by atoms with Crippen LogP contribution < -0.4 is 5.32 Å². The number of rotatable bonds is 7. The number of pyridine rings is 1. The first kappa shape index (κ1) is 27.6. The molecule has 184 valence electrons. The molecule has 1 aromatic heterocycles. The smallest absolute Gasteiger partial charge is 0.252 e. The van der Waals surface area contributed by atoms with Gasteiger partial charge in [0.05, 0.1) is 0 Å². The highest BCUT2D eigenvalue weighted by atomic mass is 19.1. The van der Waals surface area contributed by atoms with Crippen LogP contribution >= 0.6 is 0 Å². The van der Waals surface area contributed by atoms with Gasteiger partial charge in [-0.25, -0.2) is 4.39 Å². The highest BCUT2D eigenvalue weighted by Gasteiger charge is 2.19. The van der Waals surface area contributed by atoms with Gasteiger partial charge in [-0.2, -0.15) is 0 Å². The minimum atomic E-state index is -0.281. The van der Waals surface area contributed by atoms with Crippen molar-refractivity contribution in [2.24, 2.45) is 5.92 Å². The number of hydrogen-bond acceptors (Lipinski definition) is 3. The zero-order valence-electron chi connectivity index (χ0n) is 21.5. The van der Waals surface area contributed by atoms with Gasteiger partial charge in [0.15, 0.2) is 0 Å². The average Bonchev–Trinajstić information content (AvgIpc) is 2.86. The maximum Gasteiger partial charge on any atom is 0.252 e. The van der Waals surface area contributed by atoms with Gasteiger partial charge in [0.25, 0.3) is 5.91 Å². The Bertz CT molecular complexity index is 1180. The third-order valence-electron chi connectivity index (χ3n) is 5.92. The predicted molar refractivity (Wildman–Crippen MR) is 141 cm³/mol. The fourth-order valence-electron chi connectivity index (χ4n) is 3.47. The standard InChI is InChI=1S/C23H26FNO2.C7H9N/c1-14(2)17(5)22(20-9-8-19(13-26)10-16(20)4)23(27)25-12-18-7-6-15(3)21(24)11-18;1-2-7-5-3-4-6-8-7/h6-11,13-14H,12H2,1-5H3,(H,25,27);3-6H,2H2,1H3/b22-17-;. The number of halogens is 1. The number of nitrogens with one attached hydrogen (secondary N) is 1. The molecule has 5 heteroatoms. The van der Waals surface area contributed by atoms with E-state index >= 15 is 0 Å². The van der Waals surface area contributed by atoms with Crippen LogP contribution in [0.4, 0.5) is 4.39 Å². The molecule has 4 nitrogen and oxygen atoms in total. The van der Waals surface area contributed by atoms with Crippen LogP contribution in [0, 0.1) is 25.6 Å². The third kappa shape index (κ3) is 7.99. The van der Waals surface area contributed by atoms with E-state index in [1.165, 1.54) is 6.07 Å². The second-order valence-corrected chi connectivity index (χ2v) is 8.85. The molecule has 0 bridgehead atoms. The molecule has 3 rings (SSSR count). The Labute approximate surface area is 208 Å². The Morgan fingerprint density at radius 1 is 1.06 bits per heavy atom. The van der Waals surface area contributed by atoms with E-state index in [0.29, 0.717) is 22.3 Å². The Balaban J connectivity index is 0.000000456. The van der Waals surface area contributed by atoms with Crippen molar-refractivity contribution in [3.05, 3.63) is 106 Å². The monoisotopic (exact) mass is 474 g/mol. The van der Waals surface area contributed by atoms with Crippen LogP contribution in [0.3, 0.4) is 0 Å². The molecule has 1 amide bonds. The van der Waals surface area contributed by atoms with Crippen molar-refractivity contribution >= 4 is 17.8 Å². The summed E-state index contributed by atoms with van der Waals surface area (Å²) in [5, 5.41) is 2.90. The molecule has 0 unspecified atom stereocenters. The fraction of sp³-hybridized carbons (Fsp3) is 0.300. The maximum atomic E-state index is 13.7. The Morgan fingerprint density at radius 3 is 2.31 bits per heavy atom. The van der Waals surface area contributed by atoms with E-state index in [1.807, 2.05) is 64.2 Å². The van der Waals surface area contributed by atoms with Gasteiger partial charge in [0.1, 0.15) is 12.1 Å². The summed E-state index contributed by atoms with van der Waals surface area (Å²) >= 11 is 0. The molecule has 0 radical (unpaired) electrons. The molecule has 0 fully saturated rings. The van der Waals surface area contributed by atoms with Gasteiger partial charge in [-0.3, -0.25) is 14.6 Å². The first-order valence-electron chi connectivity index (χ1n) is 11.9. The maximum absolute atomic E-state index is 13.7. The quantitative estimate of drug-likeness (QED) is 0.308. The molecule has 1 heterocycles. The number of nitrogens with zero attached hydrogens (tertiary/aromatic N) is 1. The second-order valence-electron chi connectivity index (χ2n) is 8.85. The van der Waals surface area contributed by atoms with Crippen LogP contribution in [-0.2, 0) is 17.8 Å². The van der Waals surface area contributed by atoms with Gasteiger partial charge >= 0.3 is 0 Å². The molecule has 0 aliphatic carbocycles. The summed E-state index contributed by atoms with van der Waals surface area (Å²) in [7, 11) is 0. The zero-order valence-corrected chi connectivity index (χ0v) is 21.5. The molecule has 3 aromatic rings. The topological polar surface area (TPSA) is 59.1 Å². The van der Waals surface area contributed by atoms with E-state index < -0.39 is 0 Å². The van der Waals surface area contributed by atoms with Crippen molar-refractivity contribution in [2.45, 2.75) is 54.5 Å². The zero-order chi connectivity index (χ0) is 26.0. The van der Waals surface area contributed by atoms with Gasteiger partial charge in [-0.15, -0.1) is 0 Å². The second kappa shape index (κ2) is 13.3. The molecule has 0 saturated heterocycles. The van der Waals surface area contributed by atoms with Gasteiger partial charge < -0.3 is 5.32 Å². The number of aryl methyl sites for hydroxylation is 3. The molecule has 0 spiro atoms. The summed E-state index contributed by atoms with van der Waals surface area (Å²) in [5.41, 5.74) is 6.26. The number of amides is 1. The summed E-state index contributed by atoms with van der Waals surface area (Å²) in [5.74, 6) is -0.298. The van der Waals surface area contributed by atoms with Crippen LogP contribution in [-0.4, -0.2) is 17.2 Å². The number of carbonyl (C=O) groups excluding carboxylic acids is 2. The van der Waals surface area contributed by atoms with E-state index in [0.717, 1.165) is 35.1 Å². The number of hydrogen-bond donors (Lipinski definition) is 1. The molecule has 1 N–H and O–H groups in total. The summed E-state index contributed by atoms with van der Waals surface area (Å²) < 4.78 is 13.7. The summed E-state index contributed by atoms with van der Waals surface area (Å²) in [4.78, 5) is 28.1. The molecule has 2 aromatic carbocycles. The molecule has 0 aliphatic rings. The van der Waals surface area contributed by atoms with Crippen molar-refractivity contribution in [3.8, 4) is 0 Å². The first-order chi connectivity index (χ1) is 16.7. The lowest BCUT2D eigenvalue weighted by atomic mass is 9.90. The van der Waals surface area contributed by atoms with Crippen LogP contribution in [0.25, 0.3) is 5.57 Å². The van der Waals surface area contributed by atoms with Crippen molar-refractivity contribution in [1.82, 2.24) is 10.3 Å². The summed E-state index contributed by atoms with van der Waals surface area (Å²) in [6.07, 6.45) is 3.64. The number of aldehydes is 1. The van der Waals surface area contributed by atoms with Crippen molar-refractivity contribution < 1.29 is 14.0 Å². The first-order valence-corrected chi connectivity index (χ1v) is 11.9. The van der Waals surface area contributed by atoms with Crippen molar-refractivity contribution in [2.75, 3.05) is 0 Å². The van der Waals surface area contributed by atoms with E-state index in [1.54, 1.807) is 25.1 Å². The highest BCUT2D eigenvalue weighted by molar-refractivity contribution is 6.20. The minimum Gasteiger partial charge on any atom is -0.348 e. The number of aromatic nitrogens is 1. The molecule has 0 atom stereocenters. The van der Waals surface area contributed by atoms with Crippen LogP contribution in [0.15, 0.2) is 66.4 Å². The van der Waals surface area contributed by atoms with Gasteiger partial charge in [-0.1, -0.05) is 56.7 Å². The van der Waals surface area contributed by atoms with Gasteiger partial charge in [-0.05, 0) is 79.6 Å². The fourth-order valence-corrected chi connectivity index (χ4v) is 3.47. The average molecular weight is 475 g/mol. The lowest BCUT2D eigenvalue weighted by Crippen LogP contribution is -2.25. The molecule has 35 heavy (non-hydrogen) atoms. The lowest BCUT2D eigenvalue weighted by molar-refractivity contribution is -0.115. The SMILES string of the molecule is C/C(=C(/C(=O)NCc1ccc(C)c(F)c1)c1ccc(C=O)cc1C)C(C)C.CCc1ccccn1. The normalized spacial score (nSPS) is 11.3. The Hall–Kier alpha value is -3.60. The lowest BCUT2D eigenvalue weighted by Gasteiger charge is -2.18. The van der Waals surface area contributed by atoms with Crippen LogP contribution in [0.1, 0.15) is 66.0 Å². The van der Waals surface area contributed by atoms with E-state index in [-0.39, 0.29) is 24.2 Å². The largest absolute Gasteiger partial charge is 0.348 e. The number of allylic oxidation sites excluding steroid dienone is 1. The summed E-state index contributed by atoms with van der Waals surface area (Å²) in [6, 6.07) is 16.2. The Kier molecular flexibility index (Phi) is 10.5. The van der Waals surface area contributed by atoms with Crippen LogP contribution in [0.5, 0.6) is 0 Å². The van der Waals surface area contributed by atoms with Crippen molar-refractivity contribution in [3.63, 3.8) is 0 Å². The molecular formula is C30H35FN2O2. The predicted octanol–water partition coefficient (Wildman–Crippen LogP) is 6.64. The summed E-state index contributed by atoms with van der Waals surface area (Å²) in [6.45, 7) is 12.0. The third-order valence-corrected chi connectivity index (χ3v) is 5.92. The molecular weight excluding hydrogens is 439 g/mol. The van der Waals surface area contributed by atoms with E-state index in [4.69, 9.17) is 0 Å². The van der Waals surface area contributed by atoms with Gasteiger partial charge in [0, 0.05) is 29.6 Å². The highest BCUT2D eigenvalue weighted by Crippen LogP contribution is 2.27. The van der Waals surface area contributed by atoms with E-state index in [2.05, 4.69) is 17.2 Å². The van der Waals surface area contributed by atoms with Gasteiger partial charge in [0.2, 0.25) is 0 Å². The van der Waals surface area contributed by atoms with Crippen molar-refractivity contribution in [1.29, 1.82) is 0 Å². The Morgan fingerprint density at radius 2 is 1.80 bits per heavy atom.